The number of hydrogen-bond donors (Lipinski definition) is 1. The molecule has 0 aromatic carbocycles. The van der Waals surface area contributed by atoms with Crippen molar-refractivity contribution in [2.45, 2.75) is 0 Å². The lowest BCUT2D eigenvalue weighted by Gasteiger charge is -2.26. The van der Waals surface area contributed by atoms with E-state index in [0.717, 1.165) is 32.1 Å². The third-order valence-electron chi connectivity index (χ3n) is 2.06. The summed E-state index contributed by atoms with van der Waals surface area (Å²) in [5, 5.41) is 3.68. The number of carbonyl (C=O) groups is 1. The number of piperazine rings is 1. The molecule has 1 fully saturated rings. The Kier molecular flexibility index (Phi) is 7.30. The lowest BCUT2D eigenvalue weighted by atomic mass is 10.4. The van der Waals surface area contributed by atoms with Gasteiger partial charge in [-0.3, -0.25) is 4.79 Å². The Morgan fingerprint density at radius 2 is 1.88 bits per heavy atom. The highest BCUT2D eigenvalue weighted by Gasteiger charge is 2.11. The first-order valence-electron chi connectivity index (χ1n) is 5.21. The fourth-order valence-electron chi connectivity index (χ4n) is 1.32. The summed E-state index contributed by atoms with van der Waals surface area (Å²) >= 11 is 5.60. The summed E-state index contributed by atoms with van der Waals surface area (Å²) in [6.07, 6.45) is 3.56. The second kappa shape index (κ2) is 8.54. The van der Waals surface area contributed by atoms with Gasteiger partial charge in [-0.05, 0) is 22.0 Å². The number of nitrogens with one attached hydrogen (secondary N) is 1. The fraction of sp³-hybridized carbons (Fsp3) is 0.500. The molecule has 0 amide bonds. The van der Waals surface area contributed by atoms with Crippen molar-refractivity contribution in [1.29, 1.82) is 0 Å². The maximum absolute atomic E-state index is 9.68. The maximum Gasteiger partial charge on any atom is 0.225 e. The number of carbonyl (C=O) groups excluding carboxylic acids is 1. The molecule has 0 atom stereocenters. The molecule has 1 N–H and O–H groups in total. The van der Waals surface area contributed by atoms with Crippen LogP contribution >= 0.6 is 31.9 Å². The van der Waals surface area contributed by atoms with Gasteiger partial charge in [0.05, 0.1) is 5.33 Å². The summed E-state index contributed by atoms with van der Waals surface area (Å²) in [6, 6.07) is 1.84. The van der Waals surface area contributed by atoms with Crippen molar-refractivity contribution in [3.63, 3.8) is 0 Å². The topological polar surface area (TPSA) is 58.1 Å². The van der Waals surface area contributed by atoms with E-state index < -0.39 is 0 Å². The molecule has 1 aromatic rings. The number of halogens is 2. The standard InChI is InChI=1S/C8H12N4.C2H2Br2O/c1-2-10-8(11-3-1)12-6-4-9-5-7-12;3-1-2(4)5/h1-3,9H,4-7H2;1H2. The SMILES string of the molecule is O=C(Br)CBr.c1cnc(N2CCNCC2)nc1. The molecule has 2 heterocycles. The van der Waals surface area contributed by atoms with Gasteiger partial charge in [0.25, 0.3) is 0 Å². The lowest BCUT2D eigenvalue weighted by molar-refractivity contribution is -0.108. The second-order valence-electron chi connectivity index (χ2n) is 3.27. The van der Waals surface area contributed by atoms with Crippen LogP contribution in [0, 0.1) is 0 Å². The second-order valence-corrected chi connectivity index (χ2v) is 4.72. The predicted octanol–water partition coefficient (Wildman–Crippen LogP) is 1.19. The molecule has 0 radical (unpaired) electrons. The maximum atomic E-state index is 9.68. The van der Waals surface area contributed by atoms with Gasteiger partial charge in [-0.1, -0.05) is 15.9 Å². The summed E-state index contributed by atoms with van der Waals surface area (Å²) in [5.74, 6) is 0.846. The van der Waals surface area contributed by atoms with E-state index in [-0.39, 0.29) is 4.69 Å². The van der Waals surface area contributed by atoms with Crippen LogP contribution in [0.25, 0.3) is 0 Å². The molecule has 1 aromatic heterocycles. The molecule has 1 aliphatic rings. The van der Waals surface area contributed by atoms with Gasteiger partial charge in [-0.25, -0.2) is 9.97 Å². The smallest absolute Gasteiger partial charge is 0.225 e. The van der Waals surface area contributed by atoms with Crippen molar-refractivity contribution in [3.8, 4) is 0 Å². The van der Waals surface area contributed by atoms with Crippen LogP contribution in [-0.2, 0) is 4.79 Å². The van der Waals surface area contributed by atoms with Gasteiger partial charge in [0.2, 0.25) is 10.6 Å². The van der Waals surface area contributed by atoms with E-state index in [1.807, 2.05) is 6.07 Å². The first-order chi connectivity index (χ1) is 8.24. The zero-order valence-corrected chi connectivity index (χ0v) is 12.4. The molecule has 5 nitrogen and oxygen atoms in total. The zero-order chi connectivity index (χ0) is 12.5. The van der Waals surface area contributed by atoms with Crippen LogP contribution in [-0.4, -0.2) is 46.2 Å². The first-order valence-corrected chi connectivity index (χ1v) is 7.12. The number of alkyl halides is 1. The first kappa shape index (κ1) is 14.5. The van der Waals surface area contributed by atoms with E-state index in [0.29, 0.717) is 5.33 Å². The summed E-state index contributed by atoms with van der Waals surface area (Å²) < 4.78 is -0.0162. The number of anilines is 1. The van der Waals surface area contributed by atoms with Gasteiger partial charge in [-0.15, -0.1) is 0 Å². The number of rotatable bonds is 2. The van der Waals surface area contributed by atoms with E-state index in [4.69, 9.17) is 0 Å². The number of aromatic nitrogens is 2. The van der Waals surface area contributed by atoms with Crippen LogP contribution < -0.4 is 10.2 Å². The van der Waals surface area contributed by atoms with E-state index >= 15 is 0 Å². The van der Waals surface area contributed by atoms with E-state index in [9.17, 15) is 4.79 Å². The highest BCUT2D eigenvalue weighted by Crippen LogP contribution is 2.04. The Labute approximate surface area is 117 Å². The summed E-state index contributed by atoms with van der Waals surface area (Å²) in [5.41, 5.74) is 0. The molecule has 17 heavy (non-hydrogen) atoms. The van der Waals surface area contributed by atoms with Gasteiger partial charge in [0, 0.05) is 38.6 Å². The van der Waals surface area contributed by atoms with Gasteiger partial charge in [0.1, 0.15) is 0 Å². The molecule has 0 saturated carbocycles. The molecule has 0 unspecified atom stereocenters. The van der Waals surface area contributed by atoms with Crippen LogP contribution in [0.15, 0.2) is 18.5 Å². The van der Waals surface area contributed by atoms with Crippen molar-refractivity contribution < 1.29 is 4.79 Å². The molecule has 94 valence electrons. The number of hydrogen-bond acceptors (Lipinski definition) is 5. The van der Waals surface area contributed by atoms with Crippen LogP contribution in [0.1, 0.15) is 0 Å². The minimum absolute atomic E-state index is 0.0162. The molecule has 7 heteroatoms. The quantitative estimate of drug-likeness (QED) is 0.630. The molecule has 1 aliphatic heterocycles. The highest BCUT2D eigenvalue weighted by atomic mass is 79.9. The van der Waals surface area contributed by atoms with Crippen LogP contribution in [0.3, 0.4) is 0 Å². The van der Waals surface area contributed by atoms with E-state index in [1.165, 1.54) is 0 Å². The predicted molar refractivity (Wildman–Crippen MR) is 74.8 cm³/mol. The summed E-state index contributed by atoms with van der Waals surface area (Å²) in [7, 11) is 0. The van der Waals surface area contributed by atoms with Gasteiger partial charge in [-0.2, -0.15) is 0 Å². The zero-order valence-electron chi connectivity index (χ0n) is 9.27. The lowest BCUT2D eigenvalue weighted by Crippen LogP contribution is -2.44. The Morgan fingerprint density at radius 1 is 1.35 bits per heavy atom. The molecule has 0 bridgehead atoms. The third kappa shape index (κ3) is 6.09. The largest absolute Gasteiger partial charge is 0.338 e. The van der Waals surface area contributed by atoms with Crippen molar-refractivity contribution in [1.82, 2.24) is 15.3 Å². The molecule has 2 rings (SSSR count). The van der Waals surface area contributed by atoms with Gasteiger partial charge in [0.15, 0.2) is 0 Å². The molecular formula is C10H14Br2N4O. The molecule has 0 aliphatic carbocycles. The van der Waals surface area contributed by atoms with Crippen LogP contribution in [0.5, 0.6) is 0 Å². The van der Waals surface area contributed by atoms with Crippen LogP contribution in [0.4, 0.5) is 5.95 Å². The monoisotopic (exact) mass is 364 g/mol. The third-order valence-corrected chi connectivity index (χ3v) is 3.60. The molecular weight excluding hydrogens is 352 g/mol. The highest BCUT2D eigenvalue weighted by molar-refractivity contribution is 9.19. The van der Waals surface area contributed by atoms with E-state index in [2.05, 4.69) is 52.0 Å². The van der Waals surface area contributed by atoms with Crippen molar-refractivity contribution in [3.05, 3.63) is 18.5 Å². The summed E-state index contributed by atoms with van der Waals surface area (Å²) in [6.45, 7) is 4.06. The van der Waals surface area contributed by atoms with Gasteiger partial charge < -0.3 is 10.2 Å². The minimum Gasteiger partial charge on any atom is -0.338 e. The Morgan fingerprint density at radius 3 is 2.35 bits per heavy atom. The number of nitrogens with zero attached hydrogens (tertiary/aromatic N) is 3. The Balaban J connectivity index is 0.000000249. The van der Waals surface area contributed by atoms with Gasteiger partial charge >= 0.3 is 0 Å². The minimum atomic E-state index is -0.0162. The van der Waals surface area contributed by atoms with Crippen molar-refractivity contribution in [2.75, 3.05) is 36.4 Å². The normalized spacial score (nSPS) is 14.8. The van der Waals surface area contributed by atoms with Crippen molar-refractivity contribution >= 4 is 42.5 Å². The average Bonchev–Trinajstić information content (AvgIpc) is 2.41. The van der Waals surface area contributed by atoms with E-state index in [1.54, 1.807) is 12.4 Å². The molecule has 1 saturated heterocycles. The fourth-order valence-corrected chi connectivity index (χ4v) is 1.32. The summed E-state index contributed by atoms with van der Waals surface area (Å²) in [4.78, 5) is 20.3. The molecule has 0 spiro atoms. The average molecular weight is 366 g/mol. The Hall–Kier alpha value is -0.530. The van der Waals surface area contributed by atoms with Crippen molar-refractivity contribution in [2.24, 2.45) is 0 Å². The van der Waals surface area contributed by atoms with Crippen LogP contribution in [0.2, 0.25) is 0 Å². The Bertz CT molecular complexity index is 330.